The second kappa shape index (κ2) is 6.89. The van der Waals surface area contributed by atoms with Crippen LogP contribution in [-0.4, -0.2) is 10.5 Å². The maximum atomic E-state index is 13.0. The van der Waals surface area contributed by atoms with E-state index in [1.165, 1.54) is 12.1 Å². The summed E-state index contributed by atoms with van der Waals surface area (Å²) in [6.45, 7) is 4.40. The zero-order valence-corrected chi connectivity index (χ0v) is 14.1. The Labute approximate surface area is 144 Å². The van der Waals surface area contributed by atoms with E-state index in [1.54, 1.807) is 37.4 Å². The standard InChI is InChI=1S/C20H19FN2O2/c1-3-23-12-17(19(24)16-6-4-5-7-18(16)23)20(25)22-13(2)14-8-10-15(21)11-9-14/h4-13H,3H2,1-2H3,(H,22,25)/t13-/m0/s1. The number of pyridine rings is 1. The van der Waals surface area contributed by atoms with Crippen LogP contribution in [0, 0.1) is 5.82 Å². The molecule has 0 saturated heterocycles. The van der Waals surface area contributed by atoms with Crippen LogP contribution in [0.15, 0.2) is 59.5 Å². The summed E-state index contributed by atoms with van der Waals surface area (Å²) in [4.78, 5) is 25.3. The first-order valence-corrected chi connectivity index (χ1v) is 8.19. The van der Waals surface area contributed by atoms with Crippen LogP contribution < -0.4 is 10.7 Å². The average molecular weight is 338 g/mol. The highest BCUT2D eigenvalue weighted by Gasteiger charge is 2.17. The molecule has 0 aliphatic carbocycles. The monoisotopic (exact) mass is 338 g/mol. The highest BCUT2D eigenvalue weighted by atomic mass is 19.1. The van der Waals surface area contributed by atoms with Crippen molar-refractivity contribution >= 4 is 16.8 Å². The number of amides is 1. The van der Waals surface area contributed by atoms with Crippen molar-refractivity contribution in [1.82, 2.24) is 9.88 Å². The van der Waals surface area contributed by atoms with Gasteiger partial charge in [0, 0.05) is 18.1 Å². The number of para-hydroxylation sites is 1. The van der Waals surface area contributed by atoms with E-state index < -0.39 is 5.91 Å². The summed E-state index contributed by atoms with van der Waals surface area (Å²) in [5.41, 5.74) is 1.39. The molecule has 0 unspecified atom stereocenters. The third-order valence-corrected chi connectivity index (χ3v) is 4.29. The molecule has 0 saturated carbocycles. The molecule has 0 aliphatic rings. The van der Waals surface area contributed by atoms with Gasteiger partial charge in [0.2, 0.25) is 5.43 Å². The average Bonchev–Trinajstić information content (AvgIpc) is 2.62. The van der Waals surface area contributed by atoms with Crippen LogP contribution >= 0.6 is 0 Å². The summed E-state index contributed by atoms with van der Waals surface area (Å²) in [6, 6.07) is 12.8. The molecule has 1 N–H and O–H groups in total. The maximum Gasteiger partial charge on any atom is 0.257 e. The minimum Gasteiger partial charge on any atom is -0.347 e. The minimum absolute atomic E-state index is 0.106. The maximum absolute atomic E-state index is 13.0. The molecule has 0 spiro atoms. The Hall–Kier alpha value is -2.95. The van der Waals surface area contributed by atoms with E-state index >= 15 is 0 Å². The van der Waals surface area contributed by atoms with E-state index in [2.05, 4.69) is 5.32 Å². The summed E-state index contributed by atoms with van der Waals surface area (Å²) < 4.78 is 14.9. The zero-order chi connectivity index (χ0) is 18.0. The quantitative estimate of drug-likeness (QED) is 0.789. The number of carbonyl (C=O) groups excluding carboxylic acids is 1. The van der Waals surface area contributed by atoms with Crippen molar-refractivity contribution < 1.29 is 9.18 Å². The van der Waals surface area contributed by atoms with Gasteiger partial charge in [-0.1, -0.05) is 24.3 Å². The Morgan fingerprint density at radius 1 is 1.16 bits per heavy atom. The smallest absolute Gasteiger partial charge is 0.257 e. The highest BCUT2D eigenvalue weighted by molar-refractivity contribution is 5.97. The van der Waals surface area contributed by atoms with Gasteiger partial charge in [-0.2, -0.15) is 0 Å². The first-order chi connectivity index (χ1) is 12.0. The predicted octanol–water partition coefficient (Wildman–Crippen LogP) is 3.65. The number of fused-ring (bicyclic) bond motifs is 1. The Morgan fingerprint density at radius 3 is 2.52 bits per heavy atom. The van der Waals surface area contributed by atoms with Gasteiger partial charge in [-0.05, 0) is 43.7 Å². The molecule has 0 fully saturated rings. The van der Waals surface area contributed by atoms with Gasteiger partial charge >= 0.3 is 0 Å². The molecule has 5 heteroatoms. The number of aromatic nitrogens is 1. The molecular formula is C20H19FN2O2. The van der Waals surface area contributed by atoms with Gasteiger partial charge in [0.05, 0.1) is 11.6 Å². The van der Waals surface area contributed by atoms with Crippen LogP contribution in [-0.2, 0) is 6.54 Å². The van der Waals surface area contributed by atoms with Gasteiger partial charge in [0.25, 0.3) is 5.91 Å². The number of aryl methyl sites for hydroxylation is 1. The summed E-state index contributed by atoms with van der Waals surface area (Å²) in [5.74, 6) is -0.766. The topological polar surface area (TPSA) is 51.1 Å². The number of hydrogen-bond donors (Lipinski definition) is 1. The van der Waals surface area contributed by atoms with Gasteiger partial charge in [0.1, 0.15) is 11.4 Å². The fourth-order valence-corrected chi connectivity index (χ4v) is 2.88. The molecule has 3 rings (SSSR count). The zero-order valence-electron chi connectivity index (χ0n) is 14.1. The van der Waals surface area contributed by atoms with Gasteiger partial charge in [0.15, 0.2) is 0 Å². The largest absolute Gasteiger partial charge is 0.347 e. The molecule has 3 aromatic rings. The first kappa shape index (κ1) is 16.9. The van der Waals surface area contributed by atoms with E-state index in [0.717, 1.165) is 11.1 Å². The van der Waals surface area contributed by atoms with Crippen molar-refractivity contribution in [3.8, 4) is 0 Å². The molecule has 1 amide bonds. The van der Waals surface area contributed by atoms with Crippen LogP contribution in [0.3, 0.4) is 0 Å². The van der Waals surface area contributed by atoms with Crippen molar-refractivity contribution in [2.45, 2.75) is 26.4 Å². The van der Waals surface area contributed by atoms with Crippen LogP contribution in [0.25, 0.3) is 10.9 Å². The lowest BCUT2D eigenvalue weighted by molar-refractivity contribution is 0.0938. The van der Waals surface area contributed by atoms with Crippen molar-refractivity contribution in [1.29, 1.82) is 0 Å². The van der Waals surface area contributed by atoms with Crippen LogP contribution in [0.4, 0.5) is 4.39 Å². The Morgan fingerprint density at radius 2 is 1.84 bits per heavy atom. The molecule has 1 aromatic heterocycles. The second-order valence-electron chi connectivity index (χ2n) is 5.92. The summed E-state index contributed by atoms with van der Waals surface area (Å²) in [7, 11) is 0. The molecule has 1 heterocycles. The van der Waals surface area contributed by atoms with E-state index in [-0.39, 0.29) is 22.9 Å². The molecule has 25 heavy (non-hydrogen) atoms. The Balaban J connectivity index is 1.95. The van der Waals surface area contributed by atoms with Gasteiger partial charge in [-0.3, -0.25) is 9.59 Å². The number of halogens is 1. The van der Waals surface area contributed by atoms with Crippen LogP contribution in [0.1, 0.15) is 35.8 Å². The van der Waals surface area contributed by atoms with E-state index in [0.29, 0.717) is 11.9 Å². The lowest BCUT2D eigenvalue weighted by Crippen LogP contribution is -2.31. The van der Waals surface area contributed by atoms with Crippen molar-refractivity contribution in [3.05, 3.63) is 81.9 Å². The summed E-state index contributed by atoms with van der Waals surface area (Å²) in [6.07, 6.45) is 1.59. The minimum atomic E-state index is -0.435. The van der Waals surface area contributed by atoms with E-state index in [9.17, 15) is 14.0 Å². The van der Waals surface area contributed by atoms with Crippen molar-refractivity contribution in [3.63, 3.8) is 0 Å². The molecular weight excluding hydrogens is 319 g/mol. The van der Waals surface area contributed by atoms with E-state index in [1.807, 2.05) is 23.6 Å². The number of nitrogens with one attached hydrogen (secondary N) is 1. The molecule has 1 atom stereocenters. The SMILES string of the molecule is CCn1cc(C(=O)N[C@@H](C)c2ccc(F)cc2)c(=O)c2ccccc21. The number of nitrogens with zero attached hydrogens (tertiary/aromatic N) is 1. The van der Waals surface area contributed by atoms with Crippen LogP contribution in [0.5, 0.6) is 0 Å². The molecule has 0 radical (unpaired) electrons. The fourth-order valence-electron chi connectivity index (χ4n) is 2.88. The first-order valence-electron chi connectivity index (χ1n) is 8.19. The number of carbonyl (C=O) groups is 1. The fraction of sp³-hybridized carbons (Fsp3) is 0.200. The number of rotatable bonds is 4. The van der Waals surface area contributed by atoms with Gasteiger partial charge < -0.3 is 9.88 Å². The third kappa shape index (κ3) is 3.31. The predicted molar refractivity (Wildman–Crippen MR) is 96.2 cm³/mol. The van der Waals surface area contributed by atoms with E-state index in [4.69, 9.17) is 0 Å². The lowest BCUT2D eigenvalue weighted by Gasteiger charge is -2.16. The van der Waals surface area contributed by atoms with Crippen LogP contribution in [0.2, 0.25) is 0 Å². The third-order valence-electron chi connectivity index (χ3n) is 4.29. The molecule has 4 nitrogen and oxygen atoms in total. The molecule has 0 bridgehead atoms. The Bertz CT molecular complexity index is 977. The second-order valence-corrected chi connectivity index (χ2v) is 5.92. The van der Waals surface area contributed by atoms with Gasteiger partial charge in [-0.25, -0.2) is 4.39 Å². The summed E-state index contributed by atoms with van der Waals surface area (Å²) in [5, 5.41) is 3.33. The van der Waals surface area contributed by atoms with Gasteiger partial charge in [-0.15, -0.1) is 0 Å². The summed E-state index contributed by atoms with van der Waals surface area (Å²) >= 11 is 0. The van der Waals surface area contributed by atoms with Crippen molar-refractivity contribution in [2.24, 2.45) is 0 Å². The molecule has 128 valence electrons. The normalized spacial score (nSPS) is 12.1. The Kier molecular flexibility index (Phi) is 4.65. The molecule has 0 aliphatic heterocycles. The highest BCUT2D eigenvalue weighted by Crippen LogP contribution is 2.15. The number of hydrogen-bond acceptors (Lipinski definition) is 2. The lowest BCUT2D eigenvalue weighted by atomic mass is 10.1. The number of benzene rings is 2. The van der Waals surface area contributed by atoms with Crippen molar-refractivity contribution in [2.75, 3.05) is 0 Å². The molecule has 2 aromatic carbocycles.